The number of esters is 1. The van der Waals surface area contributed by atoms with Crippen LogP contribution in [-0.2, 0) is 4.79 Å². The predicted molar refractivity (Wildman–Crippen MR) is 96.8 cm³/mol. The number of ether oxygens (including phenoxy) is 1. The maximum atomic E-state index is 12.0. The lowest BCUT2D eigenvalue weighted by molar-refractivity contribution is -0.134. The number of carbonyl (C=O) groups is 1. The molecule has 0 bridgehead atoms. The molecule has 0 spiro atoms. The first-order valence-corrected chi connectivity index (χ1v) is 8.99. The molecule has 0 heterocycles. The first-order chi connectivity index (χ1) is 11.3. The molecule has 0 unspecified atom stereocenters. The summed E-state index contributed by atoms with van der Waals surface area (Å²) in [5.74, 6) is 0.556. The Morgan fingerprint density at radius 1 is 0.826 bits per heavy atom. The van der Waals surface area contributed by atoms with Crippen LogP contribution in [0, 0.1) is 0 Å². The highest BCUT2D eigenvalue weighted by molar-refractivity contribution is 5.90. The zero-order valence-electron chi connectivity index (χ0n) is 14.2. The van der Waals surface area contributed by atoms with Crippen LogP contribution >= 0.6 is 0 Å². The standard InChI is InChI=1S/C21H28O2/c1-2-3-4-5-6-7-8-9-17-21(22)23-20-16-12-14-18-13-10-11-15-19(18)20/h10-16H,2-9,17H2,1H3. The molecule has 0 saturated carbocycles. The van der Waals surface area contributed by atoms with Crippen LogP contribution in [0.3, 0.4) is 0 Å². The summed E-state index contributed by atoms with van der Waals surface area (Å²) in [6.07, 6.45) is 10.4. The number of unbranched alkanes of at least 4 members (excludes halogenated alkanes) is 7. The third-order valence-electron chi connectivity index (χ3n) is 4.21. The normalized spacial score (nSPS) is 10.8. The van der Waals surface area contributed by atoms with Gasteiger partial charge in [0, 0.05) is 11.8 Å². The Morgan fingerprint density at radius 2 is 1.48 bits per heavy atom. The van der Waals surface area contributed by atoms with Crippen molar-refractivity contribution in [3.63, 3.8) is 0 Å². The molecule has 0 atom stereocenters. The predicted octanol–water partition coefficient (Wildman–Crippen LogP) is 6.28. The van der Waals surface area contributed by atoms with Crippen molar-refractivity contribution in [3.8, 4) is 5.75 Å². The molecular weight excluding hydrogens is 284 g/mol. The summed E-state index contributed by atoms with van der Waals surface area (Å²) in [4.78, 5) is 12.0. The largest absolute Gasteiger partial charge is 0.426 e. The highest BCUT2D eigenvalue weighted by Gasteiger charge is 2.07. The molecule has 2 heteroatoms. The average molecular weight is 312 g/mol. The fourth-order valence-electron chi connectivity index (χ4n) is 2.86. The Kier molecular flexibility index (Phi) is 7.65. The van der Waals surface area contributed by atoms with Gasteiger partial charge in [0.1, 0.15) is 5.75 Å². The third kappa shape index (κ3) is 6.05. The van der Waals surface area contributed by atoms with Gasteiger partial charge in [-0.3, -0.25) is 4.79 Å². The van der Waals surface area contributed by atoms with E-state index in [4.69, 9.17) is 4.74 Å². The van der Waals surface area contributed by atoms with Crippen molar-refractivity contribution in [1.29, 1.82) is 0 Å². The summed E-state index contributed by atoms with van der Waals surface area (Å²) >= 11 is 0. The lowest BCUT2D eigenvalue weighted by atomic mass is 10.1. The quantitative estimate of drug-likeness (QED) is 0.293. The van der Waals surface area contributed by atoms with Crippen LogP contribution in [0.4, 0.5) is 0 Å². The molecule has 0 aliphatic heterocycles. The maximum absolute atomic E-state index is 12.0. The van der Waals surface area contributed by atoms with E-state index in [0.717, 1.165) is 23.6 Å². The zero-order chi connectivity index (χ0) is 16.3. The van der Waals surface area contributed by atoms with Crippen LogP contribution in [0.5, 0.6) is 5.75 Å². The molecule has 0 aliphatic carbocycles. The Hall–Kier alpha value is -1.83. The Morgan fingerprint density at radius 3 is 2.26 bits per heavy atom. The first-order valence-electron chi connectivity index (χ1n) is 8.99. The lowest BCUT2D eigenvalue weighted by Gasteiger charge is -2.07. The third-order valence-corrected chi connectivity index (χ3v) is 4.21. The second kappa shape index (κ2) is 10.0. The first kappa shape index (κ1) is 17.5. The van der Waals surface area contributed by atoms with Crippen molar-refractivity contribution >= 4 is 16.7 Å². The summed E-state index contributed by atoms with van der Waals surface area (Å²) in [6, 6.07) is 13.8. The van der Waals surface area contributed by atoms with E-state index in [1.54, 1.807) is 0 Å². The van der Waals surface area contributed by atoms with E-state index in [1.807, 2.05) is 42.5 Å². The van der Waals surface area contributed by atoms with Gasteiger partial charge in [0.2, 0.25) is 0 Å². The van der Waals surface area contributed by atoms with E-state index in [1.165, 1.54) is 38.5 Å². The Balaban J connectivity index is 1.68. The number of hydrogen-bond donors (Lipinski definition) is 0. The van der Waals surface area contributed by atoms with Gasteiger partial charge < -0.3 is 4.74 Å². The molecule has 0 saturated heterocycles. The van der Waals surface area contributed by atoms with Crippen LogP contribution in [0.15, 0.2) is 42.5 Å². The molecule has 124 valence electrons. The molecule has 2 aromatic carbocycles. The van der Waals surface area contributed by atoms with E-state index < -0.39 is 0 Å². The summed E-state index contributed by atoms with van der Waals surface area (Å²) in [5, 5.41) is 2.10. The van der Waals surface area contributed by atoms with E-state index in [0.29, 0.717) is 12.2 Å². The molecular formula is C21H28O2. The van der Waals surface area contributed by atoms with Crippen molar-refractivity contribution in [2.45, 2.75) is 64.7 Å². The van der Waals surface area contributed by atoms with Crippen molar-refractivity contribution in [1.82, 2.24) is 0 Å². The summed E-state index contributed by atoms with van der Waals surface area (Å²) < 4.78 is 5.55. The summed E-state index contributed by atoms with van der Waals surface area (Å²) in [6.45, 7) is 2.24. The van der Waals surface area contributed by atoms with Gasteiger partial charge in [-0.25, -0.2) is 0 Å². The van der Waals surface area contributed by atoms with Crippen molar-refractivity contribution in [2.75, 3.05) is 0 Å². The van der Waals surface area contributed by atoms with Crippen LogP contribution in [0.25, 0.3) is 10.8 Å². The minimum Gasteiger partial charge on any atom is -0.426 e. The number of fused-ring (bicyclic) bond motifs is 1. The smallest absolute Gasteiger partial charge is 0.311 e. The topological polar surface area (TPSA) is 26.3 Å². The highest BCUT2D eigenvalue weighted by atomic mass is 16.5. The molecule has 2 nitrogen and oxygen atoms in total. The van der Waals surface area contributed by atoms with Crippen LogP contribution < -0.4 is 4.74 Å². The van der Waals surface area contributed by atoms with E-state index >= 15 is 0 Å². The average Bonchev–Trinajstić information content (AvgIpc) is 2.57. The number of hydrogen-bond acceptors (Lipinski definition) is 2. The van der Waals surface area contributed by atoms with Crippen molar-refractivity contribution in [3.05, 3.63) is 42.5 Å². The maximum Gasteiger partial charge on any atom is 0.311 e. The van der Waals surface area contributed by atoms with Crippen LogP contribution in [0.1, 0.15) is 64.7 Å². The number of rotatable bonds is 10. The minimum atomic E-state index is -0.118. The Bertz CT molecular complexity index is 598. The number of benzene rings is 2. The molecule has 0 radical (unpaired) electrons. The van der Waals surface area contributed by atoms with Crippen LogP contribution in [0.2, 0.25) is 0 Å². The molecule has 0 amide bonds. The van der Waals surface area contributed by atoms with Crippen LogP contribution in [-0.4, -0.2) is 5.97 Å². The molecule has 0 fully saturated rings. The Labute approximate surface area is 139 Å². The van der Waals surface area contributed by atoms with Gasteiger partial charge in [-0.2, -0.15) is 0 Å². The summed E-state index contributed by atoms with van der Waals surface area (Å²) in [5.41, 5.74) is 0. The zero-order valence-corrected chi connectivity index (χ0v) is 14.2. The molecule has 23 heavy (non-hydrogen) atoms. The fraction of sp³-hybridized carbons (Fsp3) is 0.476. The van der Waals surface area contributed by atoms with Gasteiger partial charge in [-0.15, -0.1) is 0 Å². The van der Waals surface area contributed by atoms with Gasteiger partial charge in [-0.05, 0) is 17.9 Å². The summed E-state index contributed by atoms with van der Waals surface area (Å²) in [7, 11) is 0. The SMILES string of the molecule is CCCCCCCCCCC(=O)Oc1cccc2ccccc12. The second-order valence-corrected chi connectivity index (χ2v) is 6.18. The lowest BCUT2D eigenvalue weighted by Crippen LogP contribution is -2.07. The molecule has 0 aromatic heterocycles. The van der Waals surface area contributed by atoms with E-state index in [2.05, 4.69) is 6.92 Å². The molecule has 0 aliphatic rings. The van der Waals surface area contributed by atoms with E-state index in [9.17, 15) is 4.79 Å². The molecule has 2 rings (SSSR count). The minimum absolute atomic E-state index is 0.118. The van der Waals surface area contributed by atoms with Crippen molar-refractivity contribution < 1.29 is 9.53 Å². The molecule has 2 aromatic rings. The van der Waals surface area contributed by atoms with Crippen molar-refractivity contribution in [2.24, 2.45) is 0 Å². The van der Waals surface area contributed by atoms with Gasteiger partial charge in [-0.1, -0.05) is 88.3 Å². The molecule has 0 N–H and O–H groups in total. The fourth-order valence-corrected chi connectivity index (χ4v) is 2.86. The number of carbonyl (C=O) groups excluding carboxylic acids is 1. The second-order valence-electron chi connectivity index (χ2n) is 6.18. The van der Waals surface area contributed by atoms with Gasteiger partial charge >= 0.3 is 5.97 Å². The van der Waals surface area contributed by atoms with Gasteiger partial charge in [0.05, 0.1) is 0 Å². The highest BCUT2D eigenvalue weighted by Crippen LogP contribution is 2.25. The van der Waals surface area contributed by atoms with Gasteiger partial charge in [0.25, 0.3) is 0 Å². The van der Waals surface area contributed by atoms with E-state index in [-0.39, 0.29) is 5.97 Å². The van der Waals surface area contributed by atoms with Gasteiger partial charge in [0.15, 0.2) is 0 Å². The monoisotopic (exact) mass is 312 g/mol.